The molecule has 26 heavy (non-hydrogen) atoms. The van der Waals surface area contributed by atoms with Crippen LogP contribution in [0.5, 0.6) is 11.5 Å². The summed E-state index contributed by atoms with van der Waals surface area (Å²) in [6.07, 6.45) is 1.48. The first kappa shape index (κ1) is 18.3. The highest BCUT2D eigenvalue weighted by atomic mass is 32.1. The Balaban J connectivity index is 1.59. The Morgan fingerprint density at radius 1 is 1.12 bits per heavy atom. The molecule has 0 unspecified atom stereocenters. The van der Waals surface area contributed by atoms with Gasteiger partial charge in [0.2, 0.25) is 0 Å². The lowest BCUT2D eigenvalue weighted by molar-refractivity contribution is 0.0697. The van der Waals surface area contributed by atoms with Crippen LogP contribution in [0, 0.1) is 0 Å². The Morgan fingerprint density at radius 3 is 2.31 bits per heavy atom. The van der Waals surface area contributed by atoms with E-state index in [0.29, 0.717) is 35.0 Å². The lowest BCUT2D eigenvalue weighted by Crippen LogP contribution is -2.46. The minimum atomic E-state index is -0.0507. The van der Waals surface area contributed by atoms with E-state index in [2.05, 4.69) is 5.32 Å². The van der Waals surface area contributed by atoms with Crippen LogP contribution in [0.3, 0.4) is 0 Å². The number of carbonyl (C=O) groups is 2. The summed E-state index contributed by atoms with van der Waals surface area (Å²) < 4.78 is 10.5. The lowest BCUT2D eigenvalue weighted by Gasteiger charge is -2.32. The second kappa shape index (κ2) is 8.23. The maximum atomic E-state index is 12.8. The van der Waals surface area contributed by atoms with Gasteiger partial charge in [-0.15, -0.1) is 11.3 Å². The van der Waals surface area contributed by atoms with Crippen LogP contribution in [-0.4, -0.2) is 50.1 Å². The topological polar surface area (TPSA) is 67.9 Å². The SMILES string of the molecule is COc1cc(OC)cc(C(=O)N2CCC(NC(=O)c3cccs3)CC2)c1. The first-order chi connectivity index (χ1) is 12.6. The van der Waals surface area contributed by atoms with Crippen molar-refractivity contribution in [2.45, 2.75) is 18.9 Å². The molecule has 0 spiro atoms. The number of hydrogen-bond acceptors (Lipinski definition) is 5. The molecule has 1 aliphatic rings. The maximum absolute atomic E-state index is 12.8. The van der Waals surface area contributed by atoms with E-state index in [9.17, 15) is 9.59 Å². The van der Waals surface area contributed by atoms with E-state index < -0.39 is 0 Å². The third kappa shape index (κ3) is 4.16. The monoisotopic (exact) mass is 374 g/mol. The molecule has 1 saturated heterocycles. The van der Waals surface area contributed by atoms with Crippen LogP contribution in [0.15, 0.2) is 35.7 Å². The summed E-state index contributed by atoms with van der Waals surface area (Å²) in [5, 5.41) is 4.94. The molecule has 1 N–H and O–H groups in total. The van der Waals surface area contributed by atoms with Crippen LogP contribution in [0.25, 0.3) is 0 Å². The molecule has 7 heteroatoms. The number of methoxy groups -OCH3 is 2. The van der Waals surface area contributed by atoms with Gasteiger partial charge < -0.3 is 19.7 Å². The van der Waals surface area contributed by atoms with E-state index in [4.69, 9.17) is 9.47 Å². The predicted molar refractivity (Wildman–Crippen MR) is 100 cm³/mol. The summed E-state index contributed by atoms with van der Waals surface area (Å²) in [6.45, 7) is 1.21. The van der Waals surface area contributed by atoms with Crippen molar-refractivity contribution in [2.75, 3.05) is 27.3 Å². The number of likely N-dealkylation sites (tertiary alicyclic amines) is 1. The van der Waals surface area contributed by atoms with Crippen molar-refractivity contribution < 1.29 is 19.1 Å². The molecule has 0 atom stereocenters. The van der Waals surface area contributed by atoms with Crippen molar-refractivity contribution in [3.8, 4) is 11.5 Å². The summed E-state index contributed by atoms with van der Waals surface area (Å²) in [5.41, 5.74) is 0.544. The molecule has 2 heterocycles. The van der Waals surface area contributed by atoms with Gasteiger partial charge in [-0.3, -0.25) is 9.59 Å². The smallest absolute Gasteiger partial charge is 0.261 e. The quantitative estimate of drug-likeness (QED) is 0.874. The molecule has 138 valence electrons. The molecule has 0 bridgehead atoms. The Kier molecular flexibility index (Phi) is 5.78. The van der Waals surface area contributed by atoms with Gasteiger partial charge in [0.05, 0.1) is 19.1 Å². The molecule has 3 rings (SSSR count). The van der Waals surface area contributed by atoms with Gasteiger partial charge in [-0.1, -0.05) is 6.07 Å². The fourth-order valence-electron chi connectivity index (χ4n) is 3.00. The molecule has 0 aliphatic carbocycles. The number of nitrogens with one attached hydrogen (secondary N) is 1. The molecule has 1 aromatic heterocycles. The molecular weight excluding hydrogens is 352 g/mol. The lowest BCUT2D eigenvalue weighted by atomic mass is 10.0. The van der Waals surface area contributed by atoms with E-state index in [1.165, 1.54) is 11.3 Å². The van der Waals surface area contributed by atoms with Crippen LogP contribution in [0.1, 0.15) is 32.9 Å². The summed E-state index contributed by atoms with van der Waals surface area (Å²) >= 11 is 1.43. The predicted octanol–water partition coefficient (Wildman–Crippen LogP) is 2.80. The third-order valence-corrected chi connectivity index (χ3v) is 5.33. The van der Waals surface area contributed by atoms with Crippen molar-refractivity contribution in [2.24, 2.45) is 0 Å². The minimum Gasteiger partial charge on any atom is -0.497 e. The molecule has 1 aromatic carbocycles. The van der Waals surface area contributed by atoms with Crippen molar-refractivity contribution in [1.82, 2.24) is 10.2 Å². The second-order valence-corrected chi connectivity index (χ2v) is 7.07. The number of ether oxygens (including phenoxy) is 2. The number of amides is 2. The van der Waals surface area contributed by atoms with Gasteiger partial charge >= 0.3 is 0 Å². The van der Waals surface area contributed by atoms with Gasteiger partial charge in [-0.05, 0) is 36.4 Å². The largest absolute Gasteiger partial charge is 0.497 e. The Labute approximate surface area is 156 Å². The first-order valence-corrected chi connectivity index (χ1v) is 9.35. The standard InChI is InChI=1S/C19H22N2O4S/c1-24-15-10-13(11-16(12-15)25-2)19(23)21-7-5-14(6-8-21)20-18(22)17-4-3-9-26-17/h3-4,9-12,14H,5-8H2,1-2H3,(H,20,22). The fourth-order valence-corrected chi connectivity index (χ4v) is 3.63. The highest BCUT2D eigenvalue weighted by molar-refractivity contribution is 7.12. The first-order valence-electron chi connectivity index (χ1n) is 8.47. The molecule has 1 aliphatic heterocycles. The molecular formula is C19H22N2O4S. The zero-order valence-electron chi connectivity index (χ0n) is 14.9. The number of thiophene rings is 1. The number of piperidine rings is 1. The van der Waals surface area contributed by atoms with Crippen molar-refractivity contribution in [3.05, 3.63) is 46.2 Å². The Hall–Kier alpha value is -2.54. The van der Waals surface area contributed by atoms with Crippen molar-refractivity contribution in [1.29, 1.82) is 0 Å². The highest BCUT2D eigenvalue weighted by Gasteiger charge is 2.25. The van der Waals surface area contributed by atoms with Crippen LogP contribution in [-0.2, 0) is 0 Å². The number of hydrogen-bond donors (Lipinski definition) is 1. The molecule has 2 aromatic rings. The summed E-state index contributed by atoms with van der Waals surface area (Å²) in [5.74, 6) is 1.09. The van der Waals surface area contributed by atoms with Crippen LogP contribution >= 0.6 is 11.3 Å². The molecule has 0 saturated carbocycles. The maximum Gasteiger partial charge on any atom is 0.261 e. The average molecular weight is 374 g/mol. The number of carbonyl (C=O) groups excluding carboxylic acids is 2. The molecule has 1 fully saturated rings. The summed E-state index contributed by atoms with van der Waals surface area (Å²) in [7, 11) is 3.12. The van der Waals surface area contributed by atoms with Gasteiger partial charge in [0.1, 0.15) is 11.5 Å². The molecule has 6 nitrogen and oxygen atoms in total. The van der Waals surface area contributed by atoms with E-state index in [1.807, 2.05) is 22.4 Å². The van der Waals surface area contributed by atoms with Crippen LogP contribution < -0.4 is 14.8 Å². The van der Waals surface area contributed by atoms with E-state index in [-0.39, 0.29) is 17.9 Å². The molecule has 0 radical (unpaired) electrons. The average Bonchev–Trinajstić information content (AvgIpc) is 3.22. The third-order valence-electron chi connectivity index (χ3n) is 4.46. The Morgan fingerprint density at radius 2 is 1.77 bits per heavy atom. The summed E-state index contributed by atoms with van der Waals surface area (Å²) in [6, 6.07) is 8.94. The van der Waals surface area contributed by atoms with E-state index in [0.717, 1.165) is 12.8 Å². The highest BCUT2D eigenvalue weighted by Crippen LogP contribution is 2.24. The summed E-state index contributed by atoms with van der Waals surface area (Å²) in [4.78, 5) is 27.4. The van der Waals surface area contributed by atoms with Crippen molar-refractivity contribution in [3.63, 3.8) is 0 Å². The van der Waals surface area contributed by atoms with Crippen LogP contribution in [0.4, 0.5) is 0 Å². The zero-order valence-corrected chi connectivity index (χ0v) is 15.7. The minimum absolute atomic E-state index is 0.0395. The van der Waals surface area contributed by atoms with Gasteiger partial charge in [-0.25, -0.2) is 0 Å². The fraction of sp³-hybridized carbons (Fsp3) is 0.368. The number of rotatable bonds is 5. The van der Waals surface area contributed by atoms with Crippen LogP contribution in [0.2, 0.25) is 0 Å². The van der Waals surface area contributed by atoms with Gasteiger partial charge in [0, 0.05) is 30.8 Å². The van der Waals surface area contributed by atoms with E-state index >= 15 is 0 Å². The van der Waals surface area contributed by atoms with Gasteiger partial charge in [0.15, 0.2) is 0 Å². The van der Waals surface area contributed by atoms with Crippen molar-refractivity contribution >= 4 is 23.2 Å². The number of nitrogens with zero attached hydrogens (tertiary/aromatic N) is 1. The normalized spacial score (nSPS) is 14.8. The number of benzene rings is 1. The Bertz CT molecular complexity index is 746. The zero-order chi connectivity index (χ0) is 18.5. The molecule has 2 amide bonds. The second-order valence-electron chi connectivity index (χ2n) is 6.12. The van der Waals surface area contributed by atoms with Gasteiger partial charge in [-0.2, -0.15) is 0 Å². The van der Waals surface area contributed by atoms with Gasteiger partial charge in [0.25, 0.3) is 11.8 Å². The van der Waals surface area contributed by atoms with E-state index in [1.54, 1.807) is 32.4 Å².